The van der Waals surface area contributed by atoms with Gasteiger partial charge < -0.3 is 4.90 Å². The normalized spacial score (nSPS) is 16.8. The summed E-state index contributed by atoms with van der Waals surface area (Å²) in [5.74, 6) is 1.05. The van der Waals surface area contributed by atoms with Crippen LogP contribution in [-0.2, 0) is 0 Å². The van der Waals surface area contributed by atoms with Gasteiger partial charge in [0.05, 0.1) is 5.02 Å². The zero-order valence-corrected chi connectivity index (χ0v) is 12.6. The van der Waals surface area contributed by atoms with Gasteiger partial charge in [0.2, 0.25) is 0 Å². The summed E-state index contributed by atoms with van der Waals surface area (Å²) in [4.78, 5) is 9.31. The van der Waals surface area contributed by atoms with Crippen LogP contribution in [0.2, 0.25) is 5.02 Å². The van der Waals surface area contributed by atoms with Gasteiger partial charge in [0.25, 0.3) is 0 Å². The summed E-state index contributed by atoms with van der Waals surface area (Å²) in [7, 11) is 0. The molecule has 1 aliphatic rings. The number of halogens is 1. The van der Waals surface area contributed by atoms with E-state index in [4.69, 9.17) is 11.6 Å². The molecule has 0 atom stereocenters. The summed E-state index contributed by atoms with van der Waals surface area (Å²) in [5, 5.41) is 0.707. The predicted molar refractivity (Wildman–Crippen MR) is 82.0 cm³/mol. The molecule has 0 aromatic carbocycles. The minimum atomic E-state index is 0.707. The number of unbranched alkanes of at least 4 members (excludes halogenated alkanes) is 3. The molecule has 0 amide bonds. The summed E-state index contributed by atoms with van der Waals surface area (Å²) < 4.78 is 0. The van der Waals surface area contributed by atoms with E-state index >= 15 is 0 Å². The quantitative estimate of drug-likeness (QED) is 0.745. The van der Waals surface area contributed by atoms with E-state index in [1.807, 2.05) is 12.1 Å². The molecule has 106 valence electrons. The first kappa shape index (κ1) is 14.6. The predicted octanol–water partition coefficient (Wildman–Crippen LogP) is 3.44. The van der Waals surface area contributed by atoms with Gasteiger partial charge in [-0.1, -0.05) is 37.8 Å². The number of piperazine rings is 1. The van der Waals surface area contributed by atoms with Crippen molar-refractivity contribution in [3.63, 3.8) is 0 Å². The van der Waals surface area contributed by atoms with Gasteiger partial charge in [-0.25, -0.2) is 4.98 Å². The maximum atomic E-state index is 5.87. The Morgan fingerprint density at radius 2 is 1.89 bits per heavy atom. The van der Waals surface area contributed by atoms with Crippen LogP contribution in [0.4, 0.5) is 5.82 Å². The Morgan fingerprint density at radius 1 is 1.11 bits per heavy atom. The number of aromatic nitrogens is 1. The average molecular weight is 282 g/mol. The van der Waals surface area contributed by atoms with Crippen molar-refractivity contribution in [3.8, 4) is 0 Å². The minimum absolute atomic E-state index is 0.707. The highest BCUT2D eigenvalue weighted by Crippen LogP contribution is 2.16. The van der Waals surface area contributed by atoms with E-state index in [1.165, 1.54) is 32.2 Å². The molecular weight excluding hydrogens is 258 g/mol. The number of anilines is 1. The lowest BCUT2D eigenvalue weighted by molar-refractivity contribution is 0.251. The highest BCUT2D eigenvalue weighted by molar-refractivity contribution is 6.30. The second-order valence-electron chi connectivity index (χ2n) is 5.22. The number of pyridine rings is 1. The first-order valence-electron chi connectivity index (χ1n) is 7.38. The number of hydrogen-bond acceptors (Lipinski definition) is 3. The van der Waals surface area contributed by atoms with Gasteiger partial charge >= 0.3 is 0 Å². The Morgan fingerprint density at radius 3 is 2.53 bits per heavy atom. The lowest BCUT2D eigenvalue weighted by atomic mass is 10.2. The van der Waals surface area contributed by atoms with Crippen LogP contribution >= 0.6 is 11.6 Å². The fourth-order valence-corrected chi connectivity index (χ4v) is 2.63. The summed E-state index contributed by atoms with van der Waals surface area (Å²) in [6, 6.07) is 3.93. The summed E-state index contributed by atoms with van der Waals surface area (Å²) in [5.41, 5.74) is 0. The molecule has 0 spiro atoms. The standard InChI is InChI=1S/C15H24ClN3/c1-2-3-4-5-8-18-9-11-19(12-10-18)15-7-6-14(16)13-17-15/h6-7,13H,2-5,8-12H2,1H3. The van der Waals surface area contributed by atoms with Crippen molar-refractivity contribution in [2.45, 2.75) is 32.6 Å². The van der Waals surface area contributed by atoms with Crippen LogP contribution in [0.1, 0.15) is 32.6 Å². The number of nitrogens with zero attached hydrogens (tertiary/aromatic N) is 3. The van der Waals surface area contributed by atoms with Crippen molar-refractivity contribution >= 4 is 17.4 Å². The zero-order chi connectivity index (χ0) is 13.5. The monoisotopic (exact) mass is 281 g/mol. The van der Waals surface area contributed by atoms with Gasteiger partial charge in [0, 0.05) is 32.4 Å². The fraction of sp³-hybridized carbons (Fsp3) is 0.667. The molecule has 19 heavy (non-hydrogen) atoms. The fourth-order valence-electron chi connectivity index (χ4n) is 2.52. The van der Waals surface area contributed by atoms with Crippen molar-refractivity contribution in [3.05, 3.63) is 23.4 Å². The van der Waals surface area contributed by atoms with Crippen LogP contribution in [0, 0.1) is 0 Å². The van der Waals surface area contributed by atoms with Crippen LogP contribution in [0.15, 0.2) is 18.3 Å². The summed E-state index contributed by atoms with van der Waals surface area (Å²) in [6.07, 6.45) is 7.13. The highest BCUT2D eigenvalue weighted by Gasteiger charge is 2.17. The molecule has 2 heterocycles. The van der Waals surface area contributed by atoms with Gasteiger partial charge in [0.1, 0.15) is 5.82 Å². The summed E-state index contributed by atoms with van der Waals surface area (Å²) in [6.45, 7) is 7.96. The molecule has 1 saturated heterocycles. The first-order chi connectivity index (χ1) is 9.29. The minimum Gasteiger partial charge on any atom is -0.354 e. The Bertz CT molecular complexity index is 358. The molecular formula is C15H24ClN3. The third-order valence-electron chi connectivity index (χ3n) is 3.74. The molecule has 0 N–H and O–H groups in total. The number of hydrogen-bond donors (Lipinski definition) is 0. The molecule has 0 unspecified atom stereocenters. The molecule has 4 heteroatoms. The van der Waals surface area contributed by atoms with Crippen molar-refractivity contribution in [2.75, 3.05) is 37.6 Å². The molecule has 1 aromatic heterocycles. The Labute approximate surface area is 121 Å². The smallest absolute Gasteiger partial charge is 0.128 e. The Kier molecular flexibility index (Phi) is 5.93. The van der Waals surface area contributed by atoms with E-state index in [0.717, 1.165) is 32.0 Å². The van der Waals surface area contributed by atoms with Crippen molar-refractivity contribution < 1.29 is 0 Å². The van der Waals surface area contributed by atoms with Crippen molar-refractivity contribution in [1.29, 1.82) is 0 Å². The number of rotatable bonds is 6. The zero-order valence-electron chi connectivity index (χ0n) is 11.8. The maximum Gasteiger partial charge on any atom is 0.128 e. The van der Waals surface area contributed by atoms with E-state index in [9.17, 15) is 0 Å². The van der Waals surface area contributed by atoms with Crippen molar-refractivity contribution in [1.82, 2.24) is 9.88 Å². The van der Waals surface area contributed by atoms with E-state index in [0.29, 0.717) is 5.02 Å². The van der Waals surface area contributed by atoms with E-state index in [-0.39, 0.29) is 0 Å². The molecule has 1 aliphatic heterocycles. The SMILES string of the molecule is CCCCCCN1CCN(c2ccc(Cl)cn2)CC1. The molecule has 1 fully saturated rings. The second-order valence-corrected chi connectivity index (χ2v) is 5.66. The third-order valence-corrected chi connectivity index (χ3v) is 3.96. The molecule has 2 rings (SSSR count). The Hall–Kier alpha value is -0.800. The van der Waals surface area contributed by atoms with E-state index < -0.39 is 0 Å². The van der Waals surface area contributed by atoms with Gasteiger partial charge in [-0.05, 0) is 25.1 Å². The third kappa shape index (κ3) is 4.66. The first-order valence-corrected chi connectivity index (χ1v) is 7.76. The Balaban J connectivity index is 1.71. The van der Waals surface area contributed by atoms with Crippen LogP contribution in [0.3, 0.4) is 0 Å². The molecule has 1 aromatic rings. The second kappa shape index (κ2) is 7.71. The average Bonchev–Trinajstić information content (AvgIpc) is 2.45. The van der Waals surface area contributed by atoms with Crippen LogP contribution < -0.4 is 4.90 Å². The largest absolute Gasteiger partial charge is 0.354 e. The van der Waals surface area contributed by atoms with Crippen molar-refractivity contribution in [2.24, 2.45) is 0 Å². The van der Waals surface area contributed by atoms with Gasteiger partial charge in [-0.2, -0.15) is 0 Å². The topological polar surface area (TPSA) is 19.4 Å². The lowest BCUT2D eigenvalue weighted by Crippen LogP contribution is -2.46. The molecule has 3 nitrogen and oxygen atoms in total. The van der Waals surface area contributed by atoms with Gasteiger partial charge in [0.15, 0.2) is 0 Å². The maximum absolute atomic E-state index is 5.87. The molecule has 0 radical (unpaired) electrons. The van der Waals surface area contributed by atoms with Crippen LogP contribution in [0.5, 0.6) is 0 Å². The molecule has 0 saturated carbocycles. The summed E-state index contributed by atoms with van der Waals surface area (Å²) >= 11 is 5.87. The van der Waals surface area contributed by atoms with Gasteiger partial charge in [-0.3, -0.25) is 4.90 Å². The van der Waals surface area contributed by atoms with E-state index in [2.05, 4.69) is 21.7 Å². The van der Waals surface area contributed by atoms with Crippen LogP contribution in [-0.4, -0.2) is 42.6 Å². The lowest BCUT2D eigenvalue weighted by Gasteiger charge is -2.35. The van der Waals surface area contributed by atoms with Crippen LogP contribution in [0.25, 0.3) is 0 Å². The van der Waals surface area contributed by atoms with E-state index in [1.54, 1.807) is 6.20 Å². The molecule has 0 aliphatic carbocycles. The van der Waals surface area contributed by atoms with Gasteiger partial charge in [-0.15, -0.1) is 0 Å². The highest BCUT2D eigenvalue weighted by atomic mass is 35.5. The molecule has 0 bridgehead atoms.